The summed E-state index contributed by atoms with van der Waals surface area (Å²) in [7, 11) is -4.12. The van der Waals surface area contributed by atoms with E-state index in [1.165, 1.54) is 12.1 Å². The Kier molecular flexibility index (Phi) is 6.95. The molecule has 28 heavy (non-hydrogen) atoms. The molecule has 0 unspecified atom stereocenters. The van der Waals surface area contributed by atoms with Gasteiger partial charge in [0.25, 0.3) is 0 Å². The minimum absolute atomic E-state index is 0.00252. The molecule has 1 heterocycles. The van der Waals surface area contributed by atoms with Crippen molar-refractivity contribution in [2.75, 3.05) is 26.3 Å². The number of hydrogen-bond donors (Lipinski definition) is 1. The first-order valence-corrected chi connectivity index (χ1v) is 11.0. The lowest BCUT2D eigenvalue weighted by Gasteiger charge is -2.30. The van der Waals surface area contributed by atoms with Gasteiger partial charge in [-0.25, -0.2) is 8.42 Å². The summed E-state index contributed by atoms with van der Waals surface area (Å²) < 4.78 is 33.8. The molecule has 0 saturated carbocycles. The van der Waals surface area contributed by atoms with Crippen LogP contribution in [-0.4, -0.2) is 51.6 Å². The summed E-state index contributed by atoms with van der Waals surface area (Å²) in [6, 6.07) is 12.7. The molecule has 1 atom stereocenters. The molecular formula is C19H20Cl2N2O4S. The molecule has 0 aliphatic carbocycles. The second kappa shape index (κ2) is 9.24. The quantitative estimate of drug-likeness (QED) is 0.745. The second-order valence-electron chi connectivity index (χ2n) is 6.35. The molecule has 6 nitrogen and oxygen atoms in total. The molecule has 0 spiro atoms. The zero-order chi connectivity index (χ0) is 20.1. The van der Waals surface area contributed by atoms with Gasteiger partial charge in [-0.05, 0) is 24.1 Å². The number of nitrogens with one attached hydrogen (secondary N) is 1. The van der Waals surface area contributed by atoms with Crippen molar-refractivity contribution in [3.05, 3.63) is 64.1 Å². The van der Waals surface area contributed by atoms with Gasteiger partial charge in [-0.1, -0.05) is 59.6 Å². The van der Waals surface area contributed by atoms with Crippen LogP contribution in [0.25, 0.3) is 0 Å². The van der Waals surface area contributed by atoms with Gasteiger partial charge in [0.05, 0.1) is 23.3 Å². The Balaban J connectivity index is 1.90. The van der Waals surface area contributed by atoms with Gasteiger partial charge in [-0.2, -0.15) is 4.72 Å². The summed E-state index contributed by atoms with van der Waals surface area (Å²) in [5, 5.41) is -0.00503. The van der Waals surface area contributed by atoms with Crippen molar-refractivity contribution in [2.24, 2.45) is 0 Å². The van der Waals surface area contributed by atoms with Crippen molar-refractivity contribution < 1.29 is 17.9 Å². The van der Waals surface area contributed by atoms with E-state index in [2.05, 4.69) is 4.72 Å². The molecule has 3 rings (SSSR count). The molecule has 1 amide bonds. The van der Waals surface area contributed by atoms with Gasteiger partial charge in [0.1, 0.15) is 10.9 Å². The summed E-state index contributed by atoms with van der Waals surface area (Å²) in [5.41, 5.74) is 0.835. The zero-order valence-corrected chi connectivity index (χ0v) is 17.3. The molecule has 9 heteroatoms. The molecule has 0 aromatic heterocycles. The largest absolute Gasteiger partial charge is 0.378 e. The fourth-order valence-electron chi connectivity index (χ4n) is 3.02. The molecule has 2 aromatic rings. The van der Waals surface area contributed by atoms with Gasteiger partial charge in [0, 0.05) is 13.1 Å². The number of hydrogen-bond acceptors (Lipinski definition) is 4. The molecule has 0 bridgehead atoms. The normalized spacial score (nSPS) is 16.0. The summed E-state index contributed by atoms with van der Waals surface area (Å²) in [5.74, 6) is -0.307. The monoisotopic (exact) mass is 442 g/mol. The summed E-state index contributed by atoms with van der Waals surface area (Å²) >= 11 is 12.1. The average Bonchev–Trinajstić information content (AvgIpc) is 2.68. The third kappa shape index (κ3) is 5.04. The van der Waals surface area contributed by atoms with Crippen LogP contribution in [0.2, 0.25) is 10.0 Å². The highest BCUT2D eigenvalue weighted by Gasteiger charge is 2.32. The lowest BCUT2D eigenvalue weighted by atomic mass is 10.1. The maximum Gasteiger partial charge on any atom is 0.244 e. The van der Waals surface area contributed by atoms with Gasteiger partial charge in [-0.3, -0.25) is 4.79 Å². The van der Waals surface area contributed by atoms with Gasteiger partial charge < -0.3 is 9.64 Å². The molecule has 1 N–H and O–H groups in total. The van der Waals surface area contributed by atoms with E-state index in [1.54, 1.807) is 11.0 Å². The number of morpholine rings is 1. The predicted octanol–water partition coefficient (Wildman–Crippen LogP) is 2.74. The highest BCUT2D eigenvalue weighted by atomic mass is 35.5. The summed E-state index contributed by atoms with van der Waals surface area (Å²) in [6.07, 6.45) is 0.207. The van der Waals surface area contributed by atoms with Crippen LogP contribution in [0.1, 0.15) is 5.56 Å². The van der Waals surface area contributed by atoms with E-state index in [1.807, 2.05) is 30.3 Å². The Morgan fingerprint density at radius 3 is 2.25 bits per heavy atom. The standard InChI is InChI=1S/C19H20Cl2N2O4S/c20-15-7-4-8-16(21)18(15)28(25,26)22-17(13-14-5-2-1-3-6-14)19(24)23-9-11-27-12-10-23/h1-8,17,22H,9-13H2/t17-/m0/s1. The number of sulfonamides is 1. The van der Waals surface area contributed by atoms with Crippen LogP contribution >= 0.6 is 23.2 Å². The highest BCUT2D eigenvalue weighted by molar-refractivity contribution is 7.89. The number of benzene rings is 2. The first kappa shape index (κ1) is 21.1. The number of carbonyl (C=O) groups excluding carboxylic acids is 1. The zero-order valence-electron chi connectivity index (χ0n) is 15.0. The van der Waals surface area contributed by atoms with Gasteiger partial charge >= 0.3 is 0 Å². The predicted molar refractivity (Wildman–Crippen MR) is 108 cm³/mol. The van der Waals surface area contributed by atoms with Crippen LogP contribution < -0.4 is 4.72 Å². The van der Waals surface area contributed by atoms with Crippen molar-refractivity contribution in [2.45, 2.75) is 17.4 Å². The highest BCUT2D eigenvalue weighted by Crippen LogP contribution is 2.29. The van der Waals surface area contributed by atoms with E-state index >= 15 is 0 Å². The molecular weight excluding hydrogens is 423 g/mol. The molecule has 0 radical (unpaired) electrons. The fraction of sp³-hybridized carbons (Fsp3) is 0.316. The van der Waals surface area contributed by atoms with Crippen LogP contribution in [0.5, 0.6) is 0 Å². The molecule has 1 aliphatic rings. The SMILES string of the molecule is O=C([C@H](Cc1ccccc1)NS(=O)(=O)c1c(Cl)cccc1Cl)N1CCOCC1. The fourth-order valence-corrected chi connectivity index (χ4v) is 5.35. The Bertz CT molecular complexity index is 912. The lowest BCUT2D eigenvalue weighted by Crippen LogP contribution is -2.52. The van der Waals surface area contributed by atoms with E-state index in [4.69, 9.17) is 27.9 Å². The first-order valence-electron chi connectivity index (χ1n) is 8.75. The summed E-state index contributed by atoms with van der Waals surface area (Å²) in [4.78, 5) is 14.4. The van der Waals surface area contributed by atoms with Crippen LogP contribution in [0.3, 0.4) is 0 Å². The number of amides is 1. The molecule has 2 aromatic carbocycles. The number of ether oxygens (including phenoxy) is 1. The molecule has 1 saturated heterocycles. The van der Waals surface area contributed by atoms with Crippen molar-refractivity contribution in [1.82, 2.24) is 9.62 Å². The lowest BCUT2D eigenvalue weighted by molar-refractivity contribution is -0.137. The van der Waals surface area contributed by atoms with Gasteiger partial charge in [-0.15, -0.1) is 0 Å². The Hall–Kier alpha value is -1.64. The Morgan fingerprint density at radius 2 is 1.64 bits per heavy atom. The number of halogens is 2. The van der Waals surface area contributed by atoms with Crippen LogP contribution in [-0.2, 0) is 26.0 Å². The number of rotatable bonds is 6. The van der Waals surface area contributed by atoms with Crippen LogP contribution in [0.4, 0.5) is 0 Å². The van der Waals surface area contributed by atoms with Crippen molar-refractivity contribution in [3.8, 4) is 0 Å². The van der Waals surface area contributed by atoms with Crippen molar-refractivity contribution in [1.29, 1.82) is 0 Å². The number of nitrogens with zero attached hydrogens (tertiary/aromatic N) is 1. The Morgan fingerprint density at radius 1 is 1.04 bits per heavy atom. The molecule has 1 fully saturated rings. The van der Waals surface area contributed by atoms with Crippen molar-refractivity contribution in [3.63, 3.8) is 0 Å². The third-order valence-corrected chi connectivity index (χ3v) is 6.81. The third-order valence-electron chi connectivity index (χ3n) is 4.39. The smallest absolute Gasteiger partial charge is 0.244 e. The molecule has 1 aliphatic heterocycles. The minimum atomic E-state index is -4.12. The first-order chi connectivity index (χ1) is 13.4. The van der Waals surface area contributed by atoms with Crippen molar-refractivity contribution >= 4 is 39.1 Å². The summed E-state index contributed by atoms with van der Waals surface area (Å²) in [6.45, 7) is 1.68. The van der Waals surface area contributed by atoms with E-state index in [0.29, 0.717) is 26.3 Å². The second-order valence-corrected chi connectivity index (χ2v) is 8.82. The van der Waals surface area contributed by atoms with E-state index in [-0.39, 0.29) is 27.3 Å². The average molecular weight is 443 g/mol. The van der Waals surface area contributed by atoms with E-state index in [0.717, 1.165) is 5.56 Å². The maximum atomic E-state index is 13.1. The van der Waals surface area contributed by atoms with Crippen LogP contribution in [0, 0.1) is 0 Å². The number of carbonyl (C=O) groups is 1. The minimum Gasteiger partial charge on any atom is -0.378 e. The topological polar surface area (TPSA) is 75.7 Å². The van der Waals surface area contributed by atoms with E-state index in [9.17, 15) is 13.2 Å². The maximum absolute atomic E-state index is 13.1. The van der Waals surface area contributed by atoms with Crippen LogP contribution in [0.15, 0.2) is 53.4 Å². The van der Waals surface area contributed by atoms with Gasteiger partial charge in [0.2, 0.25) is 15.9 Å². The molecule has 150 valence electrons. The van der Waals surface area contributed by atoms with E-state index < -0.39 is 16.1 Å². The van der Waals surface area contributed by atoms with Gasteiger partial charge in [0.15, 0.2) is 0 Å². The Labute approximate surface area is 174 Å².